The molecule has 0 bridgehead atoms. The summed E-state index contributed by atoms with van der Waals surface area (Å²) in [6.45, 7) is 1.41. The van der Waals surface area contributed by atoms with Crippen LogP contribution in [-0.2, 0) is 9.53 Å². The van der Waals surface area contributed by atoms with Crippen LogP contribution in [0.25, 0.3) is 5.69 Å². The number of halogens is 1. The van der Waals surface area contributed by atoms with E-state index < -0.39 is 23.8 Å². The summed E-state index contributed by atoms with van der Waals surface area (Å²) in [7, 11) is 0. The molecule has 0 saturated carbocycles. The van der Waals surface area contributed by atoms with E-state index in [1.807, 2.05) is 0 Å². The van der Waals surface area contributed by atoms with Crippen LogP contribution < -0.4 is 5.32 Å². The van der Waals surface area contributed by atoms with Crippen LogP contribution in [-0.4, -0.2) is 32.7 Å². The molecular weight excluding hydrogens is 339 g/mol. The molecule has 1 amide bonds. The normalized spacial score (nSPS) is 11.6. The van der Waals surface area contributed by atoms with Crippen molar-refractivity contribution in [3.63, 3.8) is 0 Å². The van der Waals surface area contributed by atoms with Crippen LogP contribution in [0.5, 0.6) is 0 Å². The van der Waals surface area contributed by atoms with Gasteiger partial charge in [-0.2, -0.15) is 5.10 Å². The summed E-state index contributed by atoms with van der Waals surface area (Å²) in [6, 6.07) is 12.2. The van der Waals surface area contributed by atoms with Gasteiger partial charge in [0.25, 0.3) is 5.91 Å². The van der Waals surface area contributed by atoms with Crippen molar-refractivity contribution in [3.05, 3.63) is 72.6 Å². The molecule has 0 aliphatic heterocycles. The van der Waals surface area contributed by atoms with Crippen LogP contribution in [0.2, 0.25) is 0 Å². The second-order valence-electron chi connectivity index (χ2n) is 5.40. The van der Waals surface area contributed by atoms with E-state index >= 15 is 0 Å². The minimum atomic E-state index is -1.09. The number of rotatable bonds is 5. The van der Waals surface area contributed by atoms with E-state index in [-0.39, 0.29) is 11.3 Å². The Balaban J connectivity index is 1.61. The lowest BCUT2D eigenvalue weighted by Gasteiger charge is -2.14. The van der Waals surface area contributed by atoms with Crippen LogP contribution >= 0.6 is 0 Å². The number of para-hydroxylation sites is 1. The lowest BCUT2D eigenvalue weighted by atomic mass is 10.2. The first-order chi connectivity index (χ1) is 12.5. The number of anilines is 1. The van der Waals surface area contributed by atoms with E-state index in [0.29, 0.717) is 0 Å². The summed E-state index contributed by atoms with van der Waals surface area (Å²) in [5, 5.41) is 6.37. The monoisotopic (exact) mass is 354 g/mol. The third-order valence-electron chi connectivity index (χ3n) is 3.57. The molecule has 0 radical (unpaired) electrons. The second kappa shape index (κ2) is 7.56. The molecule has 0 unspecified atom stereocenters. The number of hydrogen-bond donors (Lipinski definition) is 1. The van der Waals surface area contributed by atoms with Gasteiger partial charge in [0, 0.05) is 0 Å². The summed E-state index contributed by atoms with van der Waals surface area (Å²) >= 11 is 0. The number of benzene rings is 2. The molecule has 0 saturated heterocycles. The van der Waals surface area contributed by atoms with Crippen molar-refractivity contribution in [2.75, 3.05) is 5.32 Å². The highest BCUT2D eigenvalue weighted by Crippen LogP contribution is 2.14. The first-order valence-corrected chi connectivity index (χ1v) is 7.76. The molecule has 1 atom stereocenters. The molecule has 1 N–H and O–H groups in total. The van der Waals surface area contributed by atoms with Crippen molar-refractivity contribution < 1.29 is 18.7 Å². The molecule has 0 fully saturated rings. The number of esters is 1. The van der Waals surface area contributed by atoms with Crippen molar-refractivity contribution in [3.8, 4) is 5.69 Å². The fraction of sp³-hybridized carbons (Fsp3) is 0.111. The Bertz CT molecular complexity index is 910. The average molecular weight is 354 g/mol. The highest BCUT2D eigenvalue weighted by atomic mass is 19.1. The molecule has 2 aromatic carbocycles. The molecular formula is C18H15FN4O3. The molecule has 3 rings (SSSR count). The lowest BCUT2D eigenvalue weighted by Crippen LogP contribution is -2.30. The first-order valence-electron chi connectivity index (χ1n) is 7.76. The smallest absolute Gasteiger partial charge is 0.338 e. The Hall–Kier alpha value is -3.55. The first kappa shape index (κ1) is 17.3. The summed E-state index contributed by atoms with van der Waals surface area (Å²) in [6.07, 6.45) is 1.85. The molecule has 7 nitrogen and oxygen atoms in total. The number of nitrogens with zero attached hydrogens (tertiary/aromatic N) is 3. The molecule has 0 aliphatic carbocycles. The number of carbonyl (C=O) groups is 2. The molecule has 0 spiro atoms. The van der Waals surface area contributed by atoms with E-state index in [1.54, 1.807) is 35.0 Å². The maximum Gasteiger partial charge on any atom is 0.338 e. The van der Waals surface area contributed by atoms with Gasteiger partial charge in [0.2, 0.25) is 0 Å². The van der Waals surface area contributed by atoms with E-state index in [2.05, 4.69) is 15.4 Å². The molecule has 1 aromatic heterocycles. The predicted molar refractivity (Wildman–Crippen MR) is 91.3 cm³/mol. The SMILES string of the molecule is C[C@H](OC(=O)c1ccc(-n2cncn2)cc1)C(=O)Nc1ccccc1F. The Kier molecular flexibility index (Phi) is 5.02. The lowest BCUT2D eigenvalue weighted by molar-refractivity contribution is -0.123. The van der Waals surface area contributed by atoms with Crippen molar-refractivity contribution in [2.45, 2.75) is 13.0 Å². The number of hydrogen-bond acceptors (Lipinski definition) is 5. The zero-order chi connectivity index (χ0) is 18.5. The Morgan fingerprint density at radius 1 is 1.15 bits per heavy atom. The maximum absolute atomic E-state index is 13.6. The molecule has 8 heteroatoms. The Labute approximate surface area is 148 Å². The molecule has 1 heterocycles. The quantitative estimate of drug-likeness (QED) is 0.712. The van der Waals surface area contributed by atoms with E-state index in [9.17, 15) is 14.0 Å². The van der Waals surface area contributed by atoms with Crippen LogP contribution in [0, 0.1) is 5.82 Å². The number of ether oxygens (including phenoxy) is 1. The Morgan fingerprint density at radius 2 is 1.88 bits per heavy atom. The second-order valence-corrected chi connectivity index (χ2v) is 5.40. The third kappa shape index (κ3) is 3.92. The summed E-state index contributed by atoms with van der Waals surface area (Å²) in [5.74, 6) is -1.85. The highest BCUT2D eigenvalue weighted by Gasteiger charge is 2.20. The van der Waals surface area contributed by atoms with Crippen molar-refractivity contribution in [1.82, 2.24) is 14.8 Å². The summed E-state index contributed by atoms with van der Waals surface area (Å²) < 4.78 is 20.2. The largest absolute Gasteiger partial charge is 0.449 e. The molecule has 3 aromatic rings. The zero-order valence-corrected chi connectivity index (χ0v) is 13.8. The van der Waals surface area contributed by atoms with Crippen molar-refractivity contribution in [1.29, 1.82) is 0 Å². The standard InChI is InChI=1S/C18H15FN4O3/c1-12(17(24)22-16-5-3-2-4-15(16)19)26-18(25)13-6-8-14(9-7-13)23-11-20-10-21-23/h2-12H,1H3,(H,22,24)/t12-/m0/s1. The van der Waals surface area contributed by atoms with Crippen LogP contribution in [0.1, 0.15) is 17.3 Å². The van der Waals surface area contributed by atoms with Crippen molar-refractivity contribution >= 4 is 17.6 Å². The predicted octanol–water partition coefficient (Wildman–Crippen LogP) is 2.59. The van der Waals surface area contributed by atoms with Gasteiger partial charge in [0.1, 0.15) is 18.5 Å². The number of amides is 1. The van der Waals surface area contributed by atoms with Gasteiger partial charge in [-0.05, 0) is 43.3 Å². The van der Waals surface area contributed by atoms with Gasteiger partial charge in [0.05, 0.1) is 16.9 Å². The Morgan fingerprint density at radius 3 is 2.54 bits per heavy atom. The molecule has 0 aliphatic rings. The average Bonchev–Trinajstić information content (AvgIpc) is 3.18. The maximum atomic E-state index is 13.6. The van der Waals surface area contributed by atoms with Gasteiger partial charge in [-0.1, -0.05) is 12.1 Å². The minimum absolute atomic E-state index is 0.0255. The summed E-state index contributed by atoms with van der Waals surface area (Å²) in [5.41, 5.74) is 1.03. The van der Waals surface area contributed by atoms with Crippen molar-refractivity contribution in [2.24, 2.45) is 0 Å². The highest BCUT2D eigenvalue weighted by molar-refractivity contribution is 5.97. The van der Waals surface area contributed by atoms with Gasteiger partial charge in [-0.15, -0.1) is 0 Å². The number of nitrogens with one attached hydrogen (secondary N) is 1. The van der Waals surface area contributed by atoms with Gasteiger partial charge < -0.3 is 10.1 Å². The molecule has 132 valence electrons. The van der Waals surface area contributed by atoms with E-state index in [1.165, 1.54) is 37.8 Å². The third-order valence-corrected chi connectivity index (χ3v) is 3.57. The van der Waals surface area contributed by atoms with Gasteiger partial charge in [-0.25, -0.2) is 18.9 Å². The van der Waals surface area contributed by atoms with E-state index in [4.69, 9.17) is 4.74 Å². The minimum Gasteiger partial charge on any atom is -0.449 e. The zero-order valence-electron chi connectivity index (χ0n) is 13.8. The topological polar surface area (TPSA) is 86.1 Å². The fourth-order valence-electron chi connectivity index (χ4n) is 2.17. The molecule has 26 heavy (non-hydrogen) atoms. The van der Waals surface area contributed by atoms with Crippen LogP contribution in [0.3, 0.4) is 0 Å². The summed E-state index contributed by atoms with van der Waals surface area (Å²) in [4.78, 5) is 28.1. The fourth-order valence-corrected chi connectivity index (χ4v) is 2.17. The van der Waals surface area contributed by atoms with Gasteiger partial charge in [0.15, 0.2) is 6.10 Å². The van der Waals surface area contributed by atoms with Gasteiger partial charge >= 0.3 is 5.97 Å². The number of aromatic nitrogens is 3. The van der Waals surface area contributed by atoms with E-state index in [0.717, 1.165) is 5.69 Å². The number of carbonyl (C=O) groups excluding carboxylic acids is 2. The van der Waals surface area contributed by atoms with Crippen LogP contribution in [0.15, 0.2) is 61.2 Å². The van der Waals surface area contributed by atoms with Gasteiger partial charge in [-0.3, -0.25) is 4.79 Å². The van der Waals surface area contributed by atoms with Crippen LogP contribution in [0.4, 0.5) is 10.1 Å².